The van der Waals surface area contributed by atoms with Gasteiger partial charge in [-0.05, 0) is 68.2 Å². The van der Waals surface area contributed by atoms with Crippen LogP contribution in [0.25, 0.3) is 0 Å². The van der Waals surface area contributed by atoms with Crippen molar-refractivity contribution in [1.82, 2.24) is 9.80 Å². The van der Waals surface area contributed by atoms with Crippen molar-refractivity contribution in [2.75, 3.05) is 52.1 Å². The van der Waals surface area contributed by atoms with E-state index >= 15 is 0 Å². The number of para-hydroxylation sites is 1. The number of hydrogen-bond acceptors (Lipinski definition) is 3. The number of anilines is 1. The molecule has 19 heavy (non-hydrogen) atoms. The summed E-state index contributed by atoms with van der Waals surface area (Å²) in [4.78, 5) is 4.74. The van der Waals surface area contributed by atoms with E-state index in [2.05, 4.69) is 70.3 Å². The van der Waals surface area contributed by atoms with E-state index in [9.17, 15) is 0 Å². The summed E-state index contributed by atoms with van der Waals surface area (Å²) < 4.78 is 1.13. The van der Waals surface area contributed by atoms with E-state index in [0.29, 0.717) is 0 Å². The fraction of sp³-hybridized carbons (Fsp3) is 0.600. The highest BCUT2D eigenvalue weighted by Crippen LogP contribution is 2.20. The van der Waals surface area contributed by atoms with Crippen molar-refractivity contribution >= 4 is 21.6 Å². The third-order valence-electron chi connectivity index (χ3n) is 3.14. The molecule has 108 valence electrons. The van der Waals surface area contributed by atoms with Crippen LogP contribution in [0, 0.1) is 0 Å². The van der Waals surface area contributed by atoms with Gasteiger partial charge in [0.15, 0.2) is 0 Å². The molecule has 3 nitrogen and oxygen atoms in total. The molecule has 1 rings (SSSR count). The predicted octanol–water partition coefficient (Wildman–Crippen LogP) is 3.13. The summed E-state index contributed by atoms with van der Waals surface area (Å²) in [6, 6.07) is 8.26. The molecule has 0 heterocycles. The van der Waals surface area contributed by atoms with Gasteiger partial charge >= 0.3 is 0 Å². The Morgan fingerprint density at radius 2 is 1.84 bits per heavy atom. The molecule has 0 fully saturated rings. The van der Waals surface area contributed by atoms with Crippen LogP contribution in [0.2, 0.25) is 0 Å². The highest BCUT2D eigenvalue weighted by molar-refractivity contribution is 9.10. The molecule has 0 radical (unpaired) electrons. The van der Waals surface area contributed by atoms with Gasteiger partial charge in [0, 0.05) is 23.2 Å². The van der Waals surface area contributed by atoms with Gasteiger partial charge in [0.25, 0.3) is 0 Å². The van der Waals surface area contributed by atoms with E-state index < -0.39 is 0 Å². The Morgan fingerprint density at radius 3 is 2.47 bits per heavy atom. The second-order valence-corrected chi connectivity index (χ2v) is 5.85. The minimum atomic E-state index is 0.985. The minimum absolute atomic E-state index is 0.985. The average molecular weight is 328 g/mol. The topological polar surface area (TPSA) is 18.5 Å². The van der Waals surface area contributed by atoms with Crippen molar-refractivity contribution in [3.63, 3.8) is 0 Å². The van der Waals surface area contributed by atoms with Gasteiger partial charge in [-0.3, -0.25) is 0 Å². The number of nitrogens with zero attached hydrogens (tertiary/aromatic N) is 2. The lowest BCUT2D eigenvalue weighted by molar-refractivity contribution is 0.275. The van der Waals surface area contributed by atoms with Gasteiger partial charge in [-0.15, -0.1) is 0 Å². The molecule has 0 saturated heterocycles. The van der Waals surface area contributed by atoms with Crippen molar-refractivity contribution < 1.29 is 0 Å². The molecule has 0 saturated carbocycles. The largest absolute Gasteiger partial charge is 0.383 e. The van der Waals surface area contributed by atoms with Gasteiger partial charge < -0.3 is 15.1 Å². The number of benzene rings is 1. The second-order valence-electron chi connectivity index (χ2n) is 5.00. The van der Waals surface area contributed by atoms with Crippen LogP contribution in [-0.2, 0) is 0 Å². The lowest BCUT2D eigenvalue weighted by Crippen LogP contribution is -2.31. The normalized spacial score (nSPS) is 11.3. The molecule has 0 aliphatic carbocycles. The SMILES string of the molecule is CCN(CCCN(C)C)CCNc1ccccc1Br. The zero-order valence-electron chi connectivity index (χ0n) is 12.3. The molecule has 0 aromatic heterocycles. The molecule has 0 aliphatic rings. The summed E-state index contributed by atoms with van der Waals surface area (Å²) in [5, 5.41) is 3.48. The van der Waals surface area contributed by atoms with Crippen LogP contribution in [0.3, 0.4) is 0 Å². The third kappa shape index (κ3) is 6.95. The molecule has 1 aromatic carbocycles. The number of rotatable bonds is 9. The number of halogens is 1. The summed E-state index contributed by atoms with van der Waals surface area (Å²) in [7, 11) is 4.26. The predicted molar refractivity (Wildman–Crippen MR) is 87.9 cm³/mol. The molecule has 4 heteroatoms. The molecule has 0 atom stereocenters. The molecule has 0 spiro atoms. The Balaban J connectivity index is 2.24. The Morgan fingerprint density at radius 1 is 1.11 bits per heavy atom. The monoisotopic (exact) mass is 327 g/mol. The quantitative estimate of drug-likeness (QED) is 0.751. The maximum Gasteiger partial charge on any atom is 0.0485 e. The van der Waals surface area contributed by atoms with Crippen LogP contribution in [0.5, 0.6) is 0 Å². The summed E-state index contributed by atoms with van der Waals surface area (Å²) in [6.45, 7) is 7.75. The van der Waals surface area contributed by atoms with Gasteiger partial charge in [-0.25, -0.2) is 0 Å². The van der Waals surface area contributed by atoms with Gasteiger partial charge in [0.2, 0.25) is 0 Å². The zero-order chi connectivity index (χ0) is 14.1. The van der Waals surface area contributed by atoms with E-state index in [1.807, 2.05) is 6.07 Å². The van der Waals surface area contributed by atoms with E-state index in [-0.39, 0.29) is 0 Å². The molecular formula is C15H26BrN3. The van der Waals surface area contributed by atoms with Crippen LogP contribution in [0.15, 0.2) is 28.7 Å². The molecule has 1 aromatic rings. The second kappa shape index (κ2) is 9.34. The summed E-state index contributed by atoms with van der Waals surface area (Å²) in [6.07, 6.45) is 1.23. The highest BCUT2D eigenvalue weighted by atomic mass is 79.9. The van der Waals surface area contributed by atoms with Crippen molar-refractivity contribution in [2.24, 2.45) is 0 Å². The maximum absolute atomic E-state index is 3.56. The maximum atomic E-state index is 3.56. The fourth-order valence-corrected chi connectivity index (χ4v) is 2.42. The van der Waals surface area contributed by atoms with Crippen LogP contribution in [-0.4, -0.2) is 56.6 Å². The van der Waals surface area contributed by atoms with Gasteiger partial charge in [0.05, 0.1) is 0 Å². The smallest absolute Gasteiger partial charge is 0.0485 e. The minimum Gasteiger partial charge on any atom is -0.383 e. The average Bonchev–Trinajstić information content (AvgIpc) is 2.38. The Labute approximate surface area is 126 Å². The molecule has 0 aliphatic heterocycles. The summed E-state index contributed by atoms with van der Waals surface area (Å²) in [5.74, 6) is 0. The summed E-state index contributed by atoms with van der Waals surface area (Å²) in [5.41, 5.74) is 1.17. The number of likely N-dealkylation sites (N-methyl/N-ethyl adjacent to an activating group) is 1. The van der Waals surface area contributed by atoms with Crippen molar-refractivity contribution in [3.05, 3.63) is 28.7 Å². The lowest BCUT2D eigenvalue weighted by atomic mass is 10.3. The van der Waals surface area contributed by atoms with Crippen molar-refractivity contribution in [3.8, 4) is 0 Å². The molecule has 0 amide bonds. The molecule has 1 N–H and O–H groups in total. The Hall–Kier alpha value is -0.580. The van der Waals surface area contributed by atoms with Crippen LogP contribution >= 0.6 is 15.9 Å². The first-order valence-electron chi connectivity index (χ1n) is 6.99. The van der Waals surface area contributed by atoms with Gasteiger partial charge in [-0.2, -0.15) is 0 Å². The summed E-state index contributed by atoms with van der Waals surface area (Å²) >= 11 is 3.56. The van der Waals surface area contributed by atoms with Crippen LogP contribution < -0.4 is 5.32 Å². The standard InChI is InChI=1S/C15H26BrN3/c1-4-19(12-7-11-18(2)3)13-10-17-15-9-6-5-8-14(15)16/h5-6,8-9,17H,4,7,10-13H2,1-3H3. The molecule has 0 unspecified atom stereocenters. The van der Waals surface area contributed by atoms with Gasteiger partial charge in [-0.1, -0.05) is 19.1 Å². The fourth-order valence-electron chi connectivity index (χ4n) is 1.99. The first kappa shape index (κ1) is 16.5. The van der Waals surface area contributed by atoms with E-state index in [4.69, 9.17) is 0 Å². The third-order valence-corrected chi connectivity index (χ3v) is 3.84. The van der Waals surface area contributed by atoms with E-state index in [1.165, 1.54) is 18.7 Å². The first-order chi connectivity index (χ1) is 9.13. The Kier molecular flexibility index (Phi) is 8.10. The van der Waals surface area contributed by atoms with E-state index in [0.717, 1.165) is 30.7 Å². The van der Waals surface area contributed by atoms with Gasteiger partial charge in [0.1, 0.15) is 0 Å². The van der Waals surface area contributed by atoms with Crippen molar-refractivity contribution in [1.29, 1.82) is 0 Å². The van der Waals surface area contributed by atoms with Crippen molar-refractivity contribution in [2.45, 2.75) is 13.3 Å². The lowest BCUT2D eigenvalue weighted by Gasteiger charge is -2.22. The van der Waals surface area contributed by atoms with Crippen LogP contribution in [0.4, 0.5) is 5.69 Å². The van der Waals surface area contributed by atoms with Crippen LogP contribution in [0.1, 0.15) is 13.3 Å². The number of hydrogen-bond donors (Lipinski definition) is 1. The highest BCUT2D eigenvalue weighted by Gasteiger charge is 2.03. The first-order valence-corrected chi connectivity index (χ1v) is 7.78. The molecule has 0 bridgehead atoms. The van der Waals surface area contributed by atoms with E-state index in [1.54, 1.807) is 0 Å². The molecular weight excluding hydrogens is 302 g/mol. The number of nitrogens with one attached hydrogen (secondary N) is 1. The Bertz CT molecular complexity index is 355. The zero-order valence-corrected chi connectivity index (χ0v) is 13.9.